The minimum absolute atomic E-state index is 0.0141. The van der Waals surface area contributed by atoms with Gasteiger partial charge in [-0.25, -0.2) is 9.48 Å². The van der Waals surface area contributed by atoms with E-state index < -0.39 is 6.04 Å². The Morgan fingerprint density at radius 3 is 2.96 bits per heavy atom. The molecule has 0 spiro atoms. The molecule has 0 fully saturated rings. The molecule has 4 rings (SSSR count). The van der Waals surface area contributed by atoms with Crippen molar-refractivity contribution in [3.8, 4) is 5.88 Å². The number of aromatic nitrogens is 2. The van der Waals surface area contributed by atoms with Crippen molar-refractivity contribution in [3.05, 3.63) is 42.5 Å². The van der Waals surface area contributed by atoms with Crippen LogP contribution >= 0.6 is 0 Å². The Kier molecular flexibility index (Phi) is 4.16. The third-order valence-electron chi connectivity index (χ3n) is 4.61. The number of benzene rings is 1. The van der Waals surface area contributed by atoms with Gasteiger partial charge in [-0.3, -0.25) is 0 Å². The first-order valence-corrected chi connectivity index (χ1v) is 8.57. The summed E-state index contributed by atoms with van der Waals surface area (Å²) in [5.74, 6) is -0.0902. The van der Waals surface area contributed by atoms with Crippen molar-refractivity contribution in [3.63, 3.8) is 0 Å². The van der Waals surface area contributed by atoms with Gasteiger partial charge in [0.05, 0.1) is 18.3 Å². The number of nitrogens with zero attached hydrogens (tertiary/aromatic N) is 4. The standard InChI is InChI=1S/C18H19N5O3/c1-2-26-18(25)14-12-9-6-10-13(12)23-16(19-14)15(17(24)22-23)21-20-11-7-4-3-5-8-11/h3-8,10,12-14,19H,2,9H2,1H3,(H,22,24)/b21-20+. The molecule has 8 heteroatoms. The van der Waals surface area contributed by atoms with Crippen molar-refractivity contribution < 1.29 is 14.6 Å². The summed E-state index contributed by atoms with van der Waals surface area (Å²) in [6.45, 7) is 2.09. The van der Waals surface area contributed by atoms with Crippen LogP contribution in [-0.4, -0.2) is 33.5 Å². The maximum absolute atomic E-state index is 12.4. The number of esters is 1. The van der Waals surface area contributed by atoms with Crippen LogP contribution in [-0.2, 0) is 9.53 Å². The number of aromatic hydroxyl groups is 1. The smallest absolute Gasteiger partial charge is 0.328 e. The number of rotatable bonds is 4. The van der Waals surface area contributed by atoms with Gasteiger partial charge in [-0.15, -0.1) is 10.2 Å². The van der Waals surface area contributed by atoms with Crippen LogP contribution < -0.4 is 5.32 Å². The molecule has 3 unspecified atom stereocenters. The second-order valence-corrected chi connectivity index (χ2v) is 6.19. The summed E-state index contributed by atoms with van der Waals surface area (Å²) in [6, 6.07) is 8.55. The molecule has 2 N–H and O–H groups in total. The van der Waals surface area contributed by atoms with Crippen LogP contribution in [0, 0.1) is 5.92 Å². The zero-order chi connectivity index (χ0) is 18.1. The molecule has 1 aromatic heterocycles. The lowest BCUT2D eigenvalue weighted by atomic mass is 9.91. The van der Waals surface area contributed by atoms with Crippen LogP contribution in [0.3, 0.4) is 0 Å². The number of carbonyl (C=O) groups is 1. The lowest BCUT2D eigenvalue weighted by Gasteiger charge is -2.34. The molecule has 26 heavy (non-hydrogen) atoms. The molecule has 0 saturated heterocycles. The van der Waals surface area contributed by atoms with Gasteiger partial charge in [-0.2, -0.15) is 5.11 Å². The van der Waals surface area contributed by atoms with E-state index in [9.17, 15) is 9.90 Å². The second kappa shape index (κ2) is 6.62. The molecule has 1 aliphatic heterocycles. The first-order valence-electron chi connectivity index (χ1n) is 8.57. The average molecular weight is 353 g/mol. The van der Waals surface area contributed by atoms with Gasteiger partial charge >= 0.3 is 5.97 Å². The number of anilines is 1. The number of hydrogen-bond donors (Lipinski definition) is 2. The maximum Gasteiger partial charge on any atom is 0.328 e. The third-order valence-corrected chi connectivity index (χ3v) is 4.61. The van der Waals surface area contributed by atoms with Crippen LogP contribution in [0.25, 0.3) is 0 Å². The molecular weight excluding hydrogens is 334 g/mol. The van der Waals surface area contributed by atoms with Gasteiger partial charge in [-0.05, 0) is 25.5 Å². The van der Waals surface area contributed by atoms with E-state index in [1.54, 1.807) is 23.7 Å². The van der Waals surface area contributed by atoms with E-state index in [1.807, 2.05) is 30.4 Å². The van der Waals surface area contributed by atoms with E-state index in [2.05, 4.69) is 20.6 Å². The number of nitrogens with one attached hydrogen (secondary N) is 1. The summed E-state index contributed by atoms with van der Waals surface area (Å²) < 4.78 is 6.87. The molecule has 0 radical (unpaired) electrons. The first-order chi connectivity index (χ1) is 12.7. The highest BCUT2D eigenvalue weighted by Gasteiger charge is 2.44. The van der Waals surface area contributed by atoms with Crippen LogP contribution in [0.5, 0.6) is 5.88 Å². The highest BCUT2D eigenvalue weighted by Crippen LogP contribution is 2.46. The summed E-state index contributed by atoms with van der Waals surface area (Å²) in [7, 11) is 0. The Bertz CT molecular complexity index is 874. The van der Waals surface area contributed by atoms with Crippen molar-refractivity contribution in [2.75, 3.05) is 11.9 Å². The number of hydrogen-bond acceptors (Lipinski definition) is 7. The Labute approximate surface area is 150 Å². The summed E-state index contributed by atoms with van der Waals surface area (Å²) in [6.07, 6.45) is 4.75. The number of azo groups is 1. The zero-order valence-electron chi connectivity index (χ0n) is 14.2. The quantitative estimate of drug-likeness (QED) is 0.498. The number of ether oxygens (including phenoxy) is 1. The summed E-state index contributed by atoms with van der Waals surface area (Å²) in [5.41, 5.74) is 0.866. The van der Waals surface area contributed by atoms with Gasteiger partial charge in [0.15, 0.2) is 11.5 Å². The van der Waals surface area contributed by atoms with Gasteiger partial charge in [0.25, 0.3) is 5.88 Å². The summed E-state index contributed by atoms with van der Waals surface area (Å²) in [5, 5.41) is 25.9. The molecule has 0 bridgehead atoms. The van der Waals surface area contributed by atoms with Crippen LogP contribution in [0.1, 0.15) is 19.4 Å². The van der Waals surface area contributed by atoms with E-state index in [0.29, 0.717) is 18.1 Å². The van der Waals surface area contributed by atoms with Crippen LogP contribution in [0.2, 0.25) is 0 Å². The molecule has 2 aromatic rings. The summed E-state index contributed by atoms with van der Waals surface area (Å²) in [4.78, 5) is 12.4. The fraction of sp³-hybridized carbons (Fsp3) is 0.333. The highest BCUT2D eigenvalue weighted by atomic mass is 16.5. The van der Waals surface area contributed by atoms with E-state index >= 15 is 0 Å². The van der Waals surface area contributed by atoms with Crippen LogP contribution in [0.15, 0.2) is 52.7 Å². The fourth-order valence-corrected chi connectivity index (χ4v) is 3.43. The molecular formula is C18H19N5O3. The topological polar surface area (TPSA) is 101 Å². The lowest BCUT2D eigenvalue weighted by Crippen LogP contribution is -2.45. The average Bonchev–Trinajstić information content (AvgIpc) is 3.24. The largest absolute Gasteiger partial charge is 0.491 e. The van der Waals surface area contributed by atoms with Crippen LogP contribution in [0.4, 0.5) is 17.2 Å². The molecule has 1 aliphatic carbocycles. The molecule has 3 atom stereocenters. The van der Waals surface area contributed by atoms with E-state index in [1.165, 1.54) is 0 Å². The Hall–Kier alpha value is -3.16. The molecule has 0 amide bonds. The zero-order valence-corrected chi connectivity index (χ0v) is 14.2. The summed E-state index contributed by atoms with van der Waals surface area (Å²) >= 11 is 0. The SMILES string of the molecule is CCOC(=O)C1Nc2c(/N=N/c3ccccc3)c(O)nn2C2C=CCC12. The predicted molar refractivity (Wildman–Crippen MR) is 94.8 cm³/mol. The normalized spacial score (nSPS) is 23.5. The van der Waals surface area contributed by atoms with Crippen molar-refractivity contribution in [2.24, 2.45) is 16.1 Å². The first kappa shape index (κ1) is 16.3. The monoisotopic (exact) mass is 353 g/mol. The Morgan fingerprint density at radius 2 is 2.19 bits per heavy atom. The number of fused-ring (bicyclic) bond motifs is 3. The minimum Gasteiger partial charge on any atom is -0.491 e. The molecule has 134 valence electrons. The maximum atomic E-state index is 12.4. The van der Waals surface area contributed by atoms with Crippen molar-refractivity contribution in [2.45, 2.75) is 25.4 Å². The number of allylic oxidation sites excluding steroid dienone is 2. The Morgan fingerprint density at radius 1 is 1.38 bits per heavy atom. The highest BCUT2D eigenvalue weighted by molar-refractivity contribution is 5.83. The van der Waals surface area contributed by atoms with E-state index in [4.69, 9.17) is 4.74 Å². The van der Waals surface area contributed by atoms with Crippen molar-refractivity contribution in [1.82, 2.24) is 9.78 Å². The van der Waals surface area contributed by atoms with Gasteiger partial charge < -0.3 is 15.2 Å². The lowest BCUT2D eigenvalue weighted by molar-refractivity contribution is -0.145. The molecule has 2 aliphatic rings. The Balaban J connectivity index is 1.71. The minimum atomic E-state index is -0.524. The predicted octanol–water partition coefficient (Wildman–Crippen LogP) is 3.48. The van der Waals surface area contributed by atoms with Crippen molar-refractivity contribution >= 4 is 23.2 Å². The third kappa shape index (κ3) is 2.73. The molecule has 8 nitrogen and oxygen atoms in total. The molecule has 0 saturated carbocycles. The second-order valence-electron chi connectivity index (χ2n) is 6.19. The van der Waals surface area contributed by atoms with Gasteiger partial charge in [0, 0.05) is 5.92 Å². The van der Waals surface area contributed by atoms with Gasteiger partial charge in [0.1, 0.15) is 6.04 Å². The molecule has 1 aromatic carbocycles. The van der Waals surface area contributed by atoms with E-state index in [-0.39, 0.29) is 29.5 Å². The molecule has 2 heterocycles. The van der Waals surface area contributed by atoms with Crippen molar-refractivity contribution in [1.29, 1.82) is 0 Å². The van der Waals surface area contributed by atoms with Gasteiger partial charge in [-0.1, -0.05) is 30.4 Å². The van der Waals surface area contributed by atoms with Gasteiger partial charge in [0.2, 0.25) is 0 Å². The van der Waals surface area contributed by atoms with E-state index in [0.717, 1.165) is 6.42 Å². The fourth-order valence-electron chi connectivity index (χ4n) is 3.43. The number of carbonyl (C=O) groups excluding carboxylic acids is 1.